The lowest BCUT2D eigenvalue weighted by atomic mass is 10.1. The van der Waals surface area contributed by atoms with Crippen molar-refractivity contribution in [2.24, 2.45) is 0 Å². The van der Waals surface area contributed by atoms with Crippen LogP contribution in [0.2, 0.25) is 0 Å². The molecule has 0 heterocycles. The van der Waals surface area contributed by atoms with Gasteiger partial charge in [0, 0.05) is 13.5 Å². The largest absolute Gasteiger partial charge is 0.394 e. The molecule has 0 saturated heterocycles. The Bertz CT molecular complexity index is 223. The van der Waals surface area contributed by atoms with Gasteiger partial charge in [-0.1, -0.05) is 64.7 Å². The van der Waals surface area contributed by atoms with E-state index in [1.165, 1.54) is 57.8 Å². The van der Waals surface area contributed by atoms with Gasteiger partial charge >= 0.3 is 0 Å². The summed E-state index contributed by atoms with van der Waals surface area (Å²) in [4.78, 5) is 0. The standard InChI is InChI=1S/C18H38O4/c1-4-6-7-8-9-10-11-12-13-14-16-21-18(3,20-5-2)22-17-15-19/h19H,4-17H2,1-3H3. The molecule has 0 aliphatic rings. The summed E-state index contributed by atoms with van der Waals surface area (Å²) in [5, 5.41) is 8.82. The first kappa shape index (κ1) is 21.8. The average Bonchev–Trinajstić information content (AvgIpc) is 2.51. The summed E-state index contributed by atoms with van der Waals surface area (Å²) in [6.45, 7) is 7.30. The average molecular weight is 318 g/mol. The molecule has 0 aromatic carbocycles. The quantitative estimate of drug-likeness (QED) is 0.313. The Labute approximate surface area is 137 Å². The predicted molar refractivity (Wildman–Crippen MR) is 90.9 cm³/mol. The summed E-state index contributed by atoms with van der Waals surface area (Å²) in [5.74, 6) is -1.02. The maximum atomic E-state index is 8.82. The van der Waals surface area contributed by atoms with Crippen LogP contribution in [0.5, 0.6) is 0 Å². The zero-order chi connectivity index (χ0) is 16.5. The minimum absolute atomic E-state index is 0.0235. The maximum Gasteiger partial charge on any atom is 0.279 e. The normalized spacial score (nSPS) is 14.2. The Hall–Kier alpha value is -0.160. The summed E-state index contributed by atoms with van der Waals surface area (Å²) < 4.78 is 16.6. The monoisotopic (exact) mass is 318 g/mol. The molecule has 0 aromatic heterocycles. The van der Waals surface area contributed by atoms with E-state index in [1.54, 1.807) is 6.92 Å². The van der Waals surface area contributed by atoms with E-state index in [-0.39, 0.29) is 13.2 Å². The molecule has 0 bridgehead atoms. The van der Waals surface area contributed by atoms with Gasteiger partial charge in [-0.2, -0.15) is 0 Å². The minimum atomic E-state index is -1.02. The van der Waals surface area contributed by atoms with Crippen LogP contribution < -0.4 is 0 Å². The van der Waals surface area contributed by atoms with Gasteiger partial charge in [0.1, 0.15) is 0 Å². The van der Waals surface area contributed by atoms with Crippen LogP contribution in [0.25, 0.3) is 0 Å². The Kier molecular flexibility index (Phi) is 15.6. The van der Waals surface area contributed by atoms with E-state index in [2.05, 4.69) is 6.92 Å². The first-order valence-corrected chi connectivity index (χ1v) is 9.21. The van der Waals surface area contributed by atoms with Gasteiger partial charge < -0.3 is 19.3 Å². The van der Waals surface area contributed by atoms with Gasteiger partial charge in [-0.05, 0) is 13.3 Å². The number of hydrogen-bond acceptors (Lipinski definition) is 4. The summed E-state index contributed by atoms with van der Waals surface area (Å²) in [6, 6.07) is 0. The van der Waals surface area contributed by atoms with Crippen molar-refractivity contribution >= 4 is 0 Å². The minimum Gasteiger partial charge on any atom is -0.394 e. The summed E-state index contributed by atoms with van der Waals surface area (Å²) in [7, 11) is 0. The molecular formula is C18H38O4. The van der Waals surface area contributed by atoms with Gasteiger partial charge in [0.25, 0.3) is 5.97 Å². The van der Waals surface area contributed by atoms with Crippen molar-refractivity contribution in [3.8, 4) is 0 Å². The first-order chi connectivity index (χ1) is 10.7. The van der Waals surface area contributed by atoms with Crippen LogP contribution in [0.1, 0.15) is 85.0 Å². The predicted octanol–water partition coefficient (Wildman–Crippen LogP) is 4.64. The van der Waals surface area contributed by atoms with Crippen LogP contribution >= 0.6 is 0 Å². The highest BCUT2D eigenvalue weighted by Crippen LogP contribution is 2.16. The van der Waals surface area contributed by atoms with Crippen molar-refractivity contribution in [1.82, 2.24) is 0 Å². The molecule has 0 aromatic rings. The van der Waals surface area contributed by atoms with E-state index in [9.17, 15) is 0 Å². The van der Waals surface area contributed by atoms with Crippen molar-refractivity contribution in [2.45, 2.75) is 91.0 Å². The summed E-state index contributed by atoms with van der Waals surface area (Å²) >= 11 is 0. The molecule has 0 fully saturated rings. The number of rotatable bonds is 17. The SMILES string of the molecule is CCCCCCCCCCCCOC(C)(OCC)OCCO. The molecule has 0 rings (SSSR count). The van der Waals surface area contributed by atoms with Gasteiger partial charge in [0.05, 0.1) is 19.8 Å². The fourth-order valence-electron chi connectivity index (χ4n) is 2.47. The maximum absolute atomic E-state index is 8.82. The second-order valence-corrected chi connectivity index (χ2v) is 5.90. The van der Waals surface area contributed by atoms with Gasteiger partial charge in [-0.15, -0.1) is 0 Å². The molecular weight excluding hydrogens is 280 g/mol. The fourth-order valence-corrected chi connectivity index (χ4v) is 2.47. The molecule has 0 radical (unpaired) electrons. The number of aliphatic hydroxyl groups excluding tert-OH is 1. The van der Waals surface area contributed by atoms with Gasteiger partial charge in [-0.25, -0.2) is 0 Å². The lowest BCUT2D eigenvalue weighted by Crippen LogP contribution is -2.37. The molecule has 4 heteroatoms. The van der Waals surface area contributed by atoms with Crippen LogP contribution in [0.15, 0.2) is 0 Å². The molecule has 4 nitrogen and oxygen atoms in total. The van der Waals surface area contributed by atoms with Gasteiger partial charge in [0.2, 0.25) is 0 Å². The summed E-state index contributed by atoms with van der Waals surface area (Å²) in [5.41, 5.74) is 0. The molecule has 0 aliphatic heterocycles. The molecule has 0 aliphatic carbocycles. The number of aliphatic hydroxyl groups is 1. The molecule has 1 atom stereocenters. The third-order valence-corrected chi connectivity index (χ3v) is 3.72. The Morgan fingerprint density at radius 1 is 0.682 bits per heavy atom. The van der Waals surface area contributed by atoms with E-state index in [1.807, 2.05) is 6.92 Å². The van der Waals surface area contributed by atoms with Gasteiger partial charge in [0.15, 0.2) is 0 Å². The molecule has 0 amide bonds. The van der Waals surface area contributed by atoms with Crippen LogP contribution in [0.4, 0.5) is 0 Å². The topological polar surface area (TPSA) is 47.9 Å². The zero-order valence-corrected chi connectivity index (χ0v) is 15.1. The van der Waals surface area contributed by atoms with Crippen molar-refractivity contribution in [2.75, 3.05) is 26.4 Å². The van der Waals surface area contributed by atoms with E-state index in [0.717, 1.165) is 6.42 Å². The van der Waals surface area contributed by atoms with E-state index in [4.69, 9.17) is 19.3 Å². The third-order valence-electron chi connectivity index (χ3n) is 3.72. The van der Waals surface area contributed by atoms with Crippen molar-refractivity contribution in [3.05, 3.63) is 0 Å². The Morgan fingerprint density at radius 3 is 1.68 bits per heavy atom. The zero-order valence-electron chi connectivity index (χ0n) is 15.1. The smallest absolute Gasteiger partial charge is 0.279 e. The Morgan fingerprint density at radius 2 is 1.18 bits per heavy atom. The molecule has 1 N–H and O–H groups in total. The van der Waals surface area contributed by atoms with Crippen molar-refractivity contribution in [1.29, 1.82) is 0 Å². The highest BCUT2D eigenvalue weighted by atomic mass is 16.9. The van der Waals surface area contributed by atoms with Crippen LogP contribution in [-0.2, 0) is 14.2 Å². The second kappa shape index (κ2) is 15.7. The molecule has 22 heavy (non-hydrogen) atoms. The molecule has 1 unspecified atom stereocenters. The first-order valence-electron chi connectivity index (χ1n) is 9.21. The third kappa shape index (κ3) is 13.5. The highest BCUT2D eigenvalue weighted by molar-refractivity contribution is 4.51. The second-order valence-electron chi connectivity index (χ2n) is 5.90. The van der Waals surface area contributed by atoms with E-state index >= 15 is 0 Å². The van der Waals surface area contributed by atoms with Crippen molar-refractivity contribution in [3.63, 3.8) is 0 Å². The van der Waals surface area contributed by atoms with Crippen LogP contribution in [0, 0.1) is 0 Å². The van der Waals surface area contributed by atoms with Gasteiger partial charge in [-0.3, -0.25) is 0 Å². The van der Waals surface area contributed by atoms with Crippen molar-refractivity contribution < 1.29 is 19.3 Å². The van der Waals surface area contributed by atoms with Crippen LogP contribution in [0.3, 0.4) is 0 Å². The molecule has 0 saturated carbocycles. The van der Waals surface area contributed by atoms with E-state index < -0.39 is 5.97 Å². The summed E-state index contributed by atoms with van der Waals surface area (Å²) in [6.07, 6.45) is 13.1. The number of unbranched alkanes of at least 4 members (excludes halogenated alkanes) is 9. The van der Waals surface area contributed by atoms with Crippen LogP contribution in [-0.4, -0.2) is 37.5 Å². The number of ether oxygens (including phenoxy) is 3. The van der Waals surface area contributed by atoms with E-state index in [0.29, 0.717) is 13.2 Å². The fraction of sp³-hybridized carbons (Fsp3) is 1.00. The number of hydrogen-bond donors (Lipinski definition) is 1. The lowest BCUT2D eigenvalue weighted by molar-refractivity contribution is -0.370. The molecule has 0 spiro atoms. The Balaban J connectivity index is 3.45. The lowest BCUT2D eigenvalue weighted by Gasteiger charge is -2.29. The molecule has 134 valence electrons. The highest BCUT2D eigenvalue weighted by Gasteiger charge is 2.25.